The Bertz CT molecular complexity index is 413. The first kappa shape index (κ1) is 12.7. The van der Waals surface area contributed by atoms with Gasteiger partial charge in [-0.05, 0) is 11.6 Å². The van der Waals surface area contributed by atoms with Crippen LogP contribution in [0.5, 0.6) is 5.75 Å². The minimum absolute atomic E-state index is 0.336. The van der Waals surface area contributed by atoms with Crippen molar-refractivity contribution in [2.75, 3.05) is 39.3 Å². The summed E-state index contributed by atoms with van der Waals surface area (Å²) in [7, 11) is 0. The summed E-state index contributed by atoms with van der Waals surface area (Å²) in [5, 5.41) is 0. The SMILES string of the molecule is C=CCN1CCN(CC2Cc3ccccc3O2)CC1. The molecule has 1 aromatic carbocycles. The lowest BCUT2D eigenvalue weighted by molar-refractivity contribution is 0.0976. The number of piperazine rings is 1. The summed E-state index contributed by atoms with van der Waals surface area (Å²) >= 11 is 0. The fourth-order valence-electron chi connectivity index (χ4n) is 2.98. The second-order valence-corrected chi connectivity index (χ2v) is 5.44. The van der Waals surface area contributed by atoms with E-state index in [2.05, 4.69) is 40.6 Å². The van der Waals surface area contributed by atoms with Gasteiger partial charge in [0.15, 0.2) is 0 Å². The molecule has 19 heavy (non-hydrogen) atoms. The first-order valence-corrected chi connectivity index (χ1v) is 7.15. The Morgan fingerprint density at radius 3 is 2.63 bits per heavy atom. The van der Waals surface area contributed by atoms with Crippen molar-refractivity contribution in [2.24, 2.45) is 0 Å². The zero-order chi connectivity index (χ0) is 13.1. The molecule has 102 valence electrons. The van der Waals surface area contributed by atoms with Crippen molar-refractivity contribution in [2.45, 2.75) is 12.5 Å². The van der Waals surface area contributed by atoms with E-state index in [-0.39, 0.29) is 0 Å². The van der Waals surface area contributed by atoms with Crippen molar-refractivity contribution in [1.82, 2.24) is 9.80 Å². The first-order chi connectivity index (χ1) is 9.35. The van der Waals surface area contributed by atoms with Gasteiger partial charge in [0.2, 0.25) is 0 Å². The Balaban J connectivity index is 1.48. The molecule has 0 aromatic heterocycles. The summed E-state index contributed by atoms with van der Waals surface area (Å²) in [6, 6.07) is 8.41. The lowest BCUT2D eigenvalue weighted by Crippen LogP contribution is -2.49. The summed E-state index contributed by atoms with van der Waals surface area (Å²) in [6.07, 6.45) is 3.39. The number of fused-ring (bicyclic) bond motifs is 1. The van der Waals surface area contributed by atoms with Crippen LogP contribution in [0.4, 0.5) is 0 Å². The standard InChI is InChI=1S/C16H22N2O/c1-2-7-17-8-10-18(11-9-17)13-15-12-14-5-3-4-6-16(14)19-15/h2-6,15H,1,7-13H2. The number of para-hydroxylation sites is 1. The molecule has 0 aliphatic carbocycles. The van der Waals surface area contributed by atoms with Gasteiger partial charge >= 0.3 is 0 Å². The minimum Gasteiger partial charge on any atom is -0.488 e. The van der Waals surface area contributed by atoms with Crippen LogP contribution in [0, 0.1) is 0 Å². The van der Waals surface area contributed by atoms with Crippen LogP contribution in [0.2, 0.25) is 0 Å². The minimum atomic E-state index is 0.336. The molecule has 2 aliphatic rings. The van der Waals surface area contributed by atoms with Crippen molar-refractivity contribution in [3.63, 3.8) is 0 Å². The predicted octanol–water partition coefficient (Wildman–Crippen LogP) is 1.79. The van der Waals surface area contributed by atoms with Gasteiger partial charge in [0, 0.05) is 45.7 Å². The number of hydrogen-bond donors (Lipinski definition) is 0. The second-order valence-electron chi connectivity index (χ2n) is 5.44. The Kier molecular flexibility index (Phi) is 3.85. The fourth-order valence-corrected chi connectivity index (χ4v) is 2.98. The number of nitrogens with zero attached hydrogens (tertiary/aromatic N) is 2. The van der Waals surface area contributed by atoms with E-state index in [0.29, 0.717) is 6.10 Å². The van der Waals surface area contributed by atoms with E-state index >= 15 is 0 Å². The van der Waals surface area contributed by atoms with E-state index in [4.69, 9.17) is 4.74 Å². The van der Waals surface area contributed by atoms with Gasteiger partial charge in [0.25, 0.3) is 0 Å². The molecular weight excluding hydrogens is 236 g/mol. The fraction of sp³-hybridized carbons (Fsp3) is 0.500. The number of hydrogen-bond acceptors (Lipinski definition) is 3. The zero-order valence-corrected chi connectivity index (χ0v) is 11.4. The van der Waals surface area contributed by atoms with E-state index in [9.17, 15) is 0 Å². The molecule has 1 fully saturated rings. The molecule has 2 aliphatic heterocycles. The Hall–Kier alpha value is -1.32. The highest BCUT2D eigenvalue weighted by Crippen LogP contribution is 2.28. The maximum absolute atomic E-state index is 6.01. The quantitative estimate of drug-likeness (QED) is 0.766. The predicted molar refractivity (Wildman–Crippen MR) is 77.6 cm³/mol. The van der Waals surface area contributed by atoms with Crippen molar-refractivity contribution in [3.05, 3.63) is 42.5 Å². The molecule has 1 saturated heterocycles. The third kappa shape index (κ3) is 2.99. The Labute approximate surface area is 115 Å². The second kappa shape index (κ2) is 5.76. The molecule has 1 unspecified atom stereocenters. The summed E-state index contributed by atoms with van der Waals surface area (Å²) in [5.41, 5.74) is 1.36. The highest BCUT2D eigenvalue weighted by Gasteiger charge is 2.26. The largest absolute Gasteiger partial charge is 0.488 e. The molecule has 3 nitrogen and oxygen atoms in total. The Morgan fingerprint density at radius 2 is 1.89 bits per heavy atom. The normalized spacial score (nSPS) is 23.9. The monoisotopic (exact) mass is 258 g/mol. The highest BCUT2D eigenvalue weighted by atomic mass is 16.5. The lowest BCUT2D eigenvalue weighted by atomic mass is 10.1. The van der Waals surface area contributed by atoms with Crippen LogP contribution < -0.4 is 4.74 Å². The molecule has 2 heterocycles. The third-order valence-electron chi connectivity index (χ3n) is 4.03. The summed E-state index contributed by atoms with van der Waals surface area (Å²) in [4.78, 5) is 4.98. The molecule has 0 radical (unpaired) electrons. The van der Waals surface area contributed by atoms with Crippen LogP contribution in [0.1, 0.15) is 5.56 Å². The van der Waals surface area contributed by atoms with Gasteiger partial charge < -0.3 is 4.74 Å². The maximum atomic E-state index is 6.01. The van der Waals surface area contributed by atoms with Gasteiger partial charge in [-0.25, -0.2) is 0 Å². The van der Waals surface area contributed by atoms with Crippen LogP contribution >= 0.6 is 0 Å². The van der Waals surface area contributed by atoms with E-state index in [1.807, 2.05) is 6.08 Å². The summed E-state index contributed by atoms with van der Waals surface area (Å²) in [5.74, 6) is 1.08. The van der Waals surface area contributed by atoms with Crippen LogP contribution in [-0.4, -0.2) is 55.2 Å². The molecule has 0 amide bonds. The van der Waals surface area contributed by atoms with Crippen LogP contribution in [0.25, 0.3) is 0 Å². The van der Waals surface area contributed by atoms with Gasteiger partial charge in [-0.2, -0.15) is 0 Å². The van der Waals surface area contributed by atoms with Crippen LogP contribution in [0.3, 0.4) is 0 Å². The number of rotatable bonds is 4. The first-order valence-electron chi connectivity index (χ1n) is 7.15. The summed E-state index contributed by atoms with van der Waals surface area (Å²) in [6.45, 7) is 10.4. The van der Waals surface area contributed by atoms with E-state index in [1.165, 1.54) is 5.56 Å². The van der Waals surface area contributed by atoms with Gasteiger partial charge in [-0.1, -0.05) is 24.3 Å². The molecular formula is C16H22N2O. The third-order valence-corrected chi connectivity index (χ3v) is 4.03. The van der Waals surface area contributed by atoms with Crippen LogP contribution in [-0.2, 0) is 6.42 Å². The van der Waals surface area contributed by atoms with Gasteiger partial charge in [-0.15, -0.1) is 6.58 Å². The van der Waals surface area contributed by atoms with E-state index in [1.54, 1.807) is 0 Å². The average molecular weight is 258 g/mol. The molecule has 1 aromatic rings. The molecule has 0 N–H and O–H groups in total. The van der Waals surface area contributed by atoms with E-state index < -0.39 is 0 Å². The zero-order valence-electron chi connectivity index (χ0n) is 11.4. The van der Waals surface area contributed by atoms with E-state index in [0.717, 1.165) is 51.4 Å². The molecule has 1 atom stereocenters. The smallest absolute Gasteiger partial charge is 0.123 e. The molecule has 3 rings (SSSR count). The van der Waals surface area contributed by atoms with Crippen molar-refractivity contribution < 1.29 is 4.74 Å². The van der Waals surface area contributed by atoms with Gasteiger partial charge in [0.1, 0.15) is 11.9 Å². The van der Waals surface area contributed by atoms with Crippen molar-refractivity contribution >= 4 is 0 Å². The molecule has 0 saturated carbocycles. The number of ether oxygens (including phenoxy) is 1. The van der Waals surface area contributed by atoms with Crippen LogP contribution in [0.15, 0.2) is 36.9 Å². The number of benzene rings is 1. The average Bonchev–Trinajstić information content (AvgIpc) is 2.83. The Morgan fingerprint density at radius 1 is 1.16 bits per heavy atom. The molecule has 0 bridgehead atoms. The molecule has 3 heteroatoms. The van der Waals surface area contributed by atoms with Crippen molar-refractivity contribution in [1.29, 1.82) is 0 Å². The summed E-state index contributed by atoms with van der Waals surface area (Å²) < 4.78 is 6.01. The lowest BCUT2D eigenvalue weighted by Gasteiger charge is -2.35. The van der Waals surface area contributed by atoms with Crippen molar-refractivity contribution in [3.8, 4) is 5.75 Å². The van der Waals surface area contributed by atoms with Gasteiger partial charge in [0.05, 0.1) is 0 Å². The highest BCUT2D eigenvalue weighted by molar-refractivity contribution is 5.37. The van der Waals surface area contributed by atoms with Gasteiger partial charge in [-0.3, -0.25) is 9.80 Å². The maximum Gasteiger partial charge on any atom is 0.123 e. The molecule has 0 spiro atoms. The topological polar surface area (TPSA) is 15.7 Å².